The second kappa shape index (κ2) is 8.35. The van der Waals surface area contributed by atoms with E-state index >= 15 is 0 Å². The zero-order valence-corrected chi connectivity index (χ0v) is 17.4. The number of hydrogen-bond donors (Lipinski definition) is 2. The number of phenolic OH excluding ortho intramolecular Hbond substituents is 1. The standard InChI is InChI=1S/C27H28O3/c1-17-11-18(2)13-19(12-17)3-4-24-15-25-14-22(9-10-23(25)16-26(24)28)20-5-7-21(8-6-20)27(29)30/h5-10,14-16,18-19,28H,1,3-4,11-13H2,2H3,(H,29,30). The largest absolute Gasteiger partial charge is 0.508 e. The van der Waals surface area contributed by atoms with E-state index in [1.165, 1.54) is 12.0 Å². The number of rotatable bonds is 5. The van der Waals surface area contributed by atoms with Gasteiger partial charge in [-0.25, -0.2) is 4.79 Å². The van der Waals surface area contributed by atoms with Gasteiger partial charge < -0.3 is 10.2 Å². The summed E-state index contributed by atoms with van der Waals surface area (Å²) in [5, 5.41) is 21.7. The molecule has 3 aromatic carbocycles. The van der Waals surface area contributed by atoms with Crippen LogP contribution in [0.3, 0.4) is 0 Å². The van der Waals surface area contributed by atoms with Gasteiger partial charge in [0, 0.05) is 0 Å². The first kappa shape index (κ1) is 20.2. The highest BCUT2D eigenvalue weighted by Gasteiger charge is 2.21. The number of fused-ring (bicyclic) bond motifs is 1. The van der Waals surface area contributed by atoms with Crippen molar-refractivity contribution in [2.75, 3.05) is 0 Å². The molecule has 0 bridgehead atoms. The van der Waals surface area contributed by atoms with Crippen LogP contribution in [0.1, 0.15) is 48.5 Å². The van der Waals surface area contributed by atoms with Gasteiger partial charge in [0.05, 0.1) is 5.56 Å². The van der Waals surface area contributed by atoms with Gasteiger partial charge >= 0.3 is 5.97 Å². The third-order valence-electron chi connectivity index (χ3n) is 6.28. The molecule has 0 radical (unpaired) electrons. The van der Waals surface area contributed by atoms with Gasteiger partial charge in [-0.3, -0.25) is 0 Å². The fourth-order valence-corrected chi connectivity index (χ4v) is 4.82. The van der Waals surface area contributed by atoms with Crippen LogP contribution in [0.25, 0.3) is 21.9 Å². The van der Waals surface area contributed by atoms with Crippen molar-refractivity contribution in [2.24, 2.45) is 11.8 Å². The molecule has 3 nitrogen and oxygen atoms in total. The number of carboxylic acid groups (broad SMARTS) is 1. The Labute approximate surface area is 177 Å². The molecule has 0 saturated heterocycles. The lowest BCUT2D eigenvalue weighted by Crippen LogP contribution is -2.15. The molecule has 3 aromatic rings. The number of carboxylic acids is 1. The quantitative estimate of drug-likeness (QED) is 0.461. The number of carbonyl (C=O) groups is 1. The number of aromatic carboxylic acids is 1. The SMILES string of the molecule is C=C1CC(C)CC(CCc2cc3cc(-c4ccc(C(=O)O)cc4)ccc3cc2O)C1. The van der Waals surface area contributed by atoms with Crippen molar-refractivity contribution < 1.29 is 15.0 Å². The Hall–Kier alpha value is -3.07. The van der Waals surface area contributed by atoms with Crippen LogP contribution in [0.2, 0.25) is 0 Å². The molecule has 4 rings (SSSR count). The molecule has 2 N–H and O–H groups in total. The van der Waals surface area contributed by atoms with Crippen LogP contribution in [-0.2, 0) is 6.42 Å². The first-order chi connectivity index (χ1) is 14.4. The first-order valence-corrected chi connectivity index (χ1v) is 10.6. The molecule has 2 atom stereocenters. The van der Waals surface area contributed by atoms with E-state index in [0.717, 1.165) is 53.1 Å². The molecule has 0 aromatic heterocycles. The van der Waals surface area contributed by atoms with Gasteiger partial charge in [0.1, 0.15) is 5.75 Å². The number of benzene rings is 3. The first-order valence-electron chi connectivity index (χ1n) is 10.6. The van der Waals surface area contributed by atoms with Crippen LogP contribution in [-0.4, -0.2) is 16.2 Å². The predicted molar refractivity (Wildman–Crippen MR) is 122 cm³/mol. The van der Waals surface area contributed by atoms with E-state index in [1.54, 1.807) is 12.1 Å². The van der Waals surface area contributed by atoms with Crippen LogP contribution in [0, 0.1) is 11.8 Å². The third-order valence-corrected chi connectivity index (χ3v) is 6.28. The molecule has 0 spiro atoms. The van der Waals surface area contributed by atoms with Gasteiger partial charge in [-0.1, -0.05) is 43.3 Å². The number of aryl methyl sites for hydroxylation is 1. The number of hydrogen-bond acceptors (Lipinski definition) is 2. The Balaban J connectivity index is 1.56. The second-order valence-corrected chi connectivity index (χ2v) is 8.83. The van der Waals surface area contributed by atoms with E-state index in [4.69, 9.17) is 5.11 Å². The third kappa shape index (κ3) is 4.40. The minimum atomic E-state index is -0.920. The second-order valence-electron chi connectivity index (χ2n) is 8.83. The van der Waals surface area contributed by atoms with E-state index < -0.39 is 5.97 Å². The molecule has 1 aliphatic rings. The molecular formula is C27H28O3. The fraction of sp³-hybridized carbons (Fsp3) is 0.296. The van der Waals surface area contributed by atoms with Crippen molar-refractivity contribution in [3.8, 4) is 16.9 Å². The Morgan fingerprint density at radius 3 is 2.43 bits per heavy atom. The van der Waals surface area contributed by atoms with Gasteiger partial charge in [0.25, 0.3) is 0 Å². The maximum absolute atomic E-state index is 11.1. The van der Waals surface area contributed by atoms with Crippen molar-refractivity contribution in [3.63, 3.8) is 0 Å². The maximum atomic E-state index is 11.1. The zero-order chi connectivity index (χ0) is 21.3. The van der Waals surface area contributed by atoms with Crippen LogP contribution in [0.15, 0.2) is 66.7 Å². The predicted octanol–water partition coefficient (Wildman–Crippen LogP) is 6.84. The van der Waals surface area contributed by atoms with Gasteiger partial charge in [-0.2, -0.15) is 0 Å². The van der Waals surface area contributed by atoms with Crippen molar-refractivity contribution in [1.29, 1.82) is 0 Å². The molecule has 2 unspecified atom stereocenters. The molecule has 1 fully saturated rings. The highest BCUT2D eigenvalue weighted by atomic mass is 16.4. The average Bonchev–Trinajstić information content (AvgIpc) is 2.71. The summed E-state index contributed by atoms with van der Waals surface area (Å²) in [5.74, 6) is 0.798. The van der Waals surface area contributed by atoms with Gasteiger partial charge in [-0.05, 0) is 102 Å². The lowest BCUT2D eigenvalue weighted by Gasteiger charge is -2.28. The summed E-state index contributed by atoms with van der Waals surface area (Å²) >= 11 is 0. The van der Waals surface area contributed by atoms with Crippen molar-refractivity contribution in [1.82, 2.24) is 0 Å². The summed E-state index contributed by atoms with van der Waals surface area (Å²) in [5.41, 5.74) is 4.65. The van der Waals surface area contributed by atoms with E-state index in [2.05, 4.69) is 25.6 Å². The van der Waals surface area contributed by atoms with Gasteiger partial charge in [-0.15, -0.1) is 0 Å². The van der Waals surface area contributed by atoms with Crippen LogP contribution < -0.4 is 0 Å². The lowest BCUT2D eigenvalue weighted by molar-refractivity contribution is 0.0697. The van der Waals surface area contributed by atoms with Crippen molar-refractivity contribution in [3.05, 3.63) is 77.9 Å². The Morgan fingerprint density at radius 1 is 1.00 bits per heavy atom. The summed E-state index contributed by atoms with van der Waals surface area (Å²) in [4.78, 5) is 11.1. The van der Waals surface area contributed by atoms with E-state index in [-0.39, 0.29) is 5.56 Å². The molecule has 0 amide bonds. The van der Waals surface area contributed by atoms with Gasteiger partial charge in [0.15, 0.2) is 0 Å². The van der Waals surface area contributed by atoms with E-state index in [0.29, 0.717) is 17.6 Å². The van der Waals surface area contributed by atoms with Gasteiger partial charge in [0.2, 0.25) is 0 Å². The summed E-state index contributed by atoms with van der Waals surface area (Å²) in [6.45, 7) is 6.50. The summed E-state index contributed by atoms with van der Waals surface area (Å²) in [7, 11) is 0. The molecular weight excluding hydrogens is 372 g/mol. The number of aromatic hydroxyl groups is 1. The maximum Gasteiger partial charge on any atom is 0.335 e. The van der Waals surface area contributed by atoms with E-state index in [1.807, 2.05) is 30.3 Å². The molecule has 0 heterocycles. The molecule has 1 aliphatic carbocycles. The van der Waals surface area contributed by atoms with Crippen molar-refractivity contribution in [2.45, 2.75) is 39.0 Å². The van der Waals surface area contributed by atoms with Crippen molar-refractivity contribution >= 4 is 16.7 Å². The molecule has 0 aliphatic heterocycles. The fourth-order valence-electron chi connectivity index (χ4n) is 4.82. The van der Waals surface area contributed by atoms with Crippen LogP contribution in [0.5, 0.6) is 5.75 Å². The molecule has 1 saturated carbocycles. The highest BCUT2D eigenvalue weighted by Crippen LogP contribution is 2.36. The lowest BCUT2D eigenvalue weighted by atomic mass is 9.77. The Bertz CT molecular complexity index is 1100. The zero-order valence-electron chi connectivity index (χ0n) is 17.4. The molecule has 154 valence electrons. The topological polar surface area (TPSA) is 57.5 Å². The van der Waals surface area contributed by atoms with Crippen LogP contribution >= 0.6 is 0 Å². The molecule has 30 heavy (non-hydrogen) atoms. The molecule has 3 heteroatoms. The Morgan fingerprint density at radius 2 is 1.73 bits per heavy atom. The normalized spacial score (nSPS) is 19.2. The summed E-state index contributed by atoms with van der Waals surface area (Å²) in [6.07, 6.45) is 5.43. The van der Waals surface area contributed by atoms with Crippen LogP contribution in [0.4, 0.5) is 0 Å². The number of phenols is 1. The monoisotopic (exact) mass is 400 g/mol. The smallest absolute Gasteiger partial charge is 0.335 e. The highest BCUT2D eigenvalue weighted by molar-refractivity contribution is 5.91. The Kier molecular flexibility index (Phi) is 5.63. The number of allylic oxidation sites excluding steroid dienone is 1. The summed E-state index contributed by atoms with van der Waals surface area (Å²) < 4.78 is 0. The van der Waals surface area contributed by atoms with E-state index in [9.17, 15) is 9.90 Å². The summed E-state index contributed by atoms with van der Waals surface area (Å²) in [6, 6.07) is 17.0. The minimum absolute atomic E-state index is 0.284. The minimum Gasteiger partial charge on any atom is -0.508 e. The average molecular weight is 401 g/mol.